The minimum Gasteiger partial charge on any atom is -0.480 e. The number of nitrogens with zero attached hydrogens (tertiary/aromatic N) is 1. The number of carboxylic acids is 1. The molecule has 88 valence electrons. The van der Waals surface area contributed by atoms with Gasteiger partial charge in [0.15, 0.2) is 0 Å². The second-order valence-electron chi connectivity index (χ2n) is 5.00. The number of aliphatic carboxylic acids is 1. The molecule has 0 amide bonds. The molecule has 15 heavy (non-hydrogen) atoms. The van der Waals surface area contributed by atoms with Crippen LogP contribution in [0.4, 0.5) is 0 Å². The maximum atomic E-state index is 11.4. The molecule has 0 bridgehead atoms. The molecule has 3 heteroatoms. The molecule has 0 aliphatic carbocycles. The highest BCUT2D eigenvalue weighted by Gasteiger charge is 2.39. The fourth-order valence-electron chi connectivity index (χ4n) is 2.39. The SMILES string of the molecule is CCCC(C)(C(=O)O)N1CCC(C)CC1. The van der Waals surface area contributed by atoms with Gasteiger partial charge in [0.25, 0.3) is 0 Å². The van der Waals surface area contributed by atoms with Crippen molar-refractivity contribution in [2.24, 2.45) is 5.92 Å². The van der Waals surface area contributed by atoms with E-state index in [0.717, 1.165) is 44.7 Å². The normalized spacial score (nSPS) is 23.7. The van der Waals surface area contributed by atoms with Crippen LogP contribution in [-0.4, -0.2) is 34.6 Å². The highest BCUT2D eigenvalue weighted by atomic mass is 16.4. The van der Waals surface area contributed by atoms with Crippen LogP contribution in [0.3, 0.4) is 0 Å². The van der Waals surface area contributed by atoms with Crippen molar-refractivity contribution in [2.45, 2.75) is 52.0 Å². The molecule has 1 N–H and O–H groups in total. The van der Waals surface area contributed by atoms with Gasteiger partial charge in [-0.2, -0.15) is 0 Å². The van der Waals surface area contributed by atoms with E-state index in [1.54, 1.807) is 0 Å². The molecule has 0 spiro atoms. The fourth-order valence-corrected chi connectivity index (χ4v) is 2.39. The molecule has 0 aromatic heterocycles. The number of carboxylic acid groups (broad SMARTS) is 1. The average molecular weight is 213 g/mol. The summed E-state index contributed by atoms with van der Waals surface area (Å²) in [5.41, 5.74) is -0.644. The first kappa shape index (κ1) is 12.5. The standard InChI is InChI=1S/C12H23NO2/c1-4-7-12(3,11(14)15)13-8-5-10(2)6-9-13/h10H,4-9H2,1-3H3,(H,14,15). The molecule has 0 aromatic rings. The van der Waals surface area contributed by atoms with Crippen LogP contribution >= 0.6 is 0 Å². The van der Waals surface area contributed by atoms with E-state index >= 15 is 0 Å². The number of rotatable bonds is 4. The lowest BCUT2D eigenvalue weighted by molar-refractivity contribution is -0.152. The first-order chi connectivity index (χ1) is 7.00. The van der Waals surface area contributed by atoms with Gasteiger partial charge in [-0.05, 0) is 45.2 Å². The molecule has 1 heterocycles. The van der Waals surface area contributed by atoms with E-state index < -0.39 is 11.5 Å². The summed E-state index contributed by atoms with van der Waals surface area (Å²) < 4.78 is 0. The summed E-state index contributed by atoms with van der Waals surface area (Å²) in [6.07, 6.45) is 3.94. The number of carbonyl (C=O) groups is 1. The number of likely N-dealkylation sites (tertiary alicyclic amines) is 1. The van der Waals surface area contributed by atoms with Crippen molar-refractivity contribution in [3.63, 3.8) is 0 Å². The third kappa shape index (κ3) is 2.71. The first-order valence-corrected chi connectivity index (χ1v) is 5.99. The summed E-state index contributed by atoms with van der Waals surface area (Å²) >= 11 is 0. The zero-order valence-electron chi connectivity index (χ0n) is 10.1. The molecule has 1 saturated heterocycles. The van der Waals surface area contributed by atoms with Crippen molar-refractivity contribution in [1.29, 1.82) is 0 Å². The number of piperidine rings is 1. The monoisotopic (exact) mass is 213 g/mol. The highest BCUT2D eigenvalue weighted by Crippen LogP contribution is 2.27. The third-order valence-electron chi connectivity index (χ3n) is 3.68. The second kappa shape index (κ2) is 4.97. The highest BCUT2D eigenvalue weighted by molar-refractivity contribution is 5.78. The molecule has 0 radical (unpaired) electrons. The van der Waals surface area contributed by atoms with Crippen LogP contribution in [0.1, 0.15) is 46.5 Å². The summed E-state index contributed by atoms with van der Waals surface area (Å²) in [4.78, 5) is 13.5. The topological polar surface area (TPSA) is 40.5 Å². The smallest absolute Gasteiger partial charge is 0.323 e. The van der Waals surface area contributed by atoms with Crippen LogP contribution in [0.25, 0.3) is 0 Å². The Bertz CT molecular complexity index is 222. The Kier molecular flexibility index (Phi) is 4.14. The summed E-state index contributed by atoms with van der Waals surface area (Å²) in [6, 6.07) is 0. The Morgan fingerprint density at radius 3 is 2.40 bits per heavy atom. The first-order valence-electron chi connectivity index (χ1n) is 5.99. The Morgan fingerprint density at radius 1 is 1.47 bits per heavy atom. The van der Waals surface area contributed by atoms with Gasteiger partial charge >= 0.3 is 5.97 Å². The van der Waals surface area contributed by atoms with E-state index in [9.17, 15) is 9.90 Å². The van der Waals surface area contributed by atoms with E-state index in [0.29, 0.717) is 0 Å². The fraction of sp³-hybridized carbons (Fsp3) is 0.917. The zero-order chi connectivity index (χ0) is 11.5. The van der Waals surface area contributed by atoms with Crippen molar-refractivity contribution < 1.29 is 9.90 Å². The quantitative estimate of drug-likeness (QED) is 0.779. The molecule has 1 unspecified atom stereocenters. The van der Waals surface area contributed by atoms with Gasteiger partial charge in [0.1, 0.15) is 5.54 Å². The van der Waals surface area contributed by atoms with Crippen molar-refractivity contribution >= 4 is 5.97 Å². The van der Waals surface area contributed by atoms with E-state index in [4.69, 9.17) is 0 Å². The second-order valence-corrected chi connectivity index (χ2v) is 5.00. The van der Waals surface area contributed by atoms with Crippen molar-refractivity contribution in [3.05, 3.63) is 0 Å². The molecule has 1 aliphatic heterocycles. The van der Waals surface area contributed by atoms with Crippen LogP contribution in [0.15, 0.2) is 0 Å². The van der Waals surface area contributed by atoms with Gasteiger partial charge in [0.2, 0.25) is 0 Å². The van der Waals surface area contributed by atoms with Crippen LogP contribution in [0, 0.1) is 5.92 Å². The van der Waals surface area contributed by atoms with Gasteiger partial charge in [-0.3, -0.25) is 9.69 Å². The van der Waals surface area contributed by atoms with Crippen molar-refractivity contribution in [1.82, 2.24) is 4.90 Å². The molecule has 0 aromatic carbocycles. The van der Waals surface area contributed by atoms with E-state index in [1.807, 2.05) is 13.8 Å². The van der Waals surface area contributed by atoms with Crippen LogP contribution in [0.5, 0.6) is 0 Å². The summed E-state index contributed by atoms with van der Waals surface area (Å²) in [6.45, 7) is 8.03. The van der Waals surface area contributed by atoms with E-state index in [-0.39, 0.29) is 0 Å². The van der Waals surface area contributed by atoms with Crippen LogP contribution in [-0.2, 0) is 4.79 Å². The molecule has 1 aliphatic rings. The molecule has 0 saturated carbocycles. The lowest BCUT2D eigenvalue weighted by atomic mass is 9.89. The minimum absolute atomic E-state index is 0.644. The van der Waals surface area contributed by atoms with Crippen molar-refractivity contribution in [2.75, 3.05) is 13.1 Å². The van der Waals surface area contributed by atoms with E-state index in [1.165, 1.54) is 0 Å². The number of hydrogen-bond donors (Lipinski definition) is 1. The van der Waals surface area contributed by atoms with Gasteiger partial charge < -0.3 is 5.11 Å². The van der Waals surface area contributed by atoms with Gasteiger partial charge in [0, 0.05) is 0 Å². The lowest BCUT2D eigenvalue weighted by Gasteiger charge is -2.41. The molecule has 1 fully saturated rings. The maximum absolute atomic E-state index is 11.4. The van der Waals surface area contributed by atoms with Gasteiger partial charge in [-0.15, -0.1) is 0 Å². The van der Waals surface area contributed by atoms with Gasteiger partial charge in [-0.1, -0.05) is 20.3 Å². The van der Waals surface area contributed by atoms with Crippen LogP contribution in [0.2, 0.25) is 0 Å². The Hall–Kier alpha value is -0.570. The molecular formula is C12H23NO2. The molecular weight excluding hydrogens is 190 g/mol. The predicted molar refractivity (Wildman–Crippen MR) is 60.9 cm³/mol. The largest absolute Gasteiger partial charge is 0.480 e. The Balaban J connectivity index is 2.68. The summed E-state index contributed by atoms with van der Waals surface area (Å²) in [7, 11) is 0. The average Bonchev–Trinajstić information content (AvgIpc) is 2.18. The van der Waals surface area contributed by atoms with E-state index in [2.05, 4.69) is 11.8 Å². The lowest BCUT2D eigenvalue weighted by Crippen LogP contribution is -2.54. The zero-order valence-corrected chi connectivity index (χ0v) is 10.1. The van der Waals surface area contributed by atoms with Crippen molar-refractivity contribution in [3.8, 4) is 0 Å². The van der Waals surface area contributed by atoms with Gasteiger partial charge in [0.05, 0.1) is 0 Å². The van der Waals surface area contributed by atoms with Gasteiger partial charge in [-0.25, -0.2) is 0 Å². The minimum atomic E-state index is -0.668. The maximum Gasteiger partial charge on any atom is 0.323 e. The summed E-state index contributed by atoms with van der Waals surface area (Å²) in [5.74, 6) is 0.0832. The Morgan fingerprint density at radius 2 is 2.00 bits per heavy atom. The molecule has 1 rings (SSSR count). The van der Waals surface area contributed by atoms with Crippen LogP contribution < -0.4 is 0 Å². The third-order valence-corrected chi connectivity index (χ3v) is 3.68. The number of hydrogen-bond acceptors (Lipinski definition) is 2. The predicted octanol–water partition coefficient (Wildman–Crippen LogP) is 2.36. The molecule has 3 nitrogen and oxygen atoms in total. The molecule has 1 atom stereocenters. The summed E-state index contributed by atoms with van der Waals surface area (Å²) in [5, 5.41) is 9.34. The Labute approximate surface area is 92.5 Å².